The highest BCUT2D eigenvalue weighted by Crippen LogP contribution is 2.22. The molecule has 1 N–H and O–H groups in total. The first-order valence-corrected chi connectivity index (χ1v) is 6.09. The van der Waals surface area contributed by atoms with Crippen LogP contribution in [0.2, 0.25) is 0 Å². The zero-order valence-electron chi connectivity index (χ0n) is 11.1. The molecular formula is C13H17N3O2. The summed E-state index contributed by atoms with van der Waals surface area (Å²) in [5.74, 6) is -0.113. The zero-order chi connectivity index (χ0) is 13.3. The lowest BCUT2D eigenvalue weighted by atomic mass is 10.1. The van der Waals surface area contributed by atoms with Gasteiger partial charge in [0.05, 0.1) is 16.6 Å². The summed E-state index contributed by atoms with van der Waals surface area (Å²) in [6, 6.07) is 1.90. The Morgan fingerprint density at radius 2 is 2.22 bits per heavy atom. The largest absolute Gasteiger partial charge is 0.350 e. The standard InChI is InChI=1S/C13H17N3O2/c1-5-9-6-10(12(17)14-7(2)3)11-8(4)16-18-13(11)15-9/h6-7H,5H2,1-4H3,(H,14,17). The van der Waals surface area contributed by atoms with Gasteiger partial charge in [-0.25, -0.2) is 4.98 Å². The van der Waals surface area contributed by atoms with Crippen molar-refractivity contribution in [1.82, 2.24) is 15.5 Å². The number of aromatic nitrogens is 2. The van der Waals surface area contributed by atoms with Crippen molar-refractivity contribution in [1.29, 1.82) is 0 Å². The molecule has 0 aromatic carbocycles. The topological polar surface area (TPSA) is 68.0 Å². The average molecular weight is 247 g/mol. The lowest BCUT2D eigenvalue weighted by molar-refractivity contribution is 0.0944. The van der Waals surface area contributed by atoms with Crippen molar-refractivity contribution < 1.29 is 9.32 Å². The SMILES string of the molecule is CCc1cc(C(=O)NC(C)C)c2c(C)noc2n1. The van der Waals surface area contributed by atoms with Crippen LogP contribution in [0.5, 0.6) is 0 Å². The molecular weight excluding hydrogens is 230 g/mol. The van der Waals surface area contributed by atoms with Crippen LogP contribution < -0.4 is 5.32 Å². The monoisotopic (exact) mass is 247 g/mol. The van der Waals surface area contributed by atoms with Crippen molar-refractivity contribution in [3.05, 3.63) is 23.0 Å². The summed E-state index contributed by atoms with van der Waals surface area (Å²) in [6.07, 6.45) is 0.748. The summed E-state index contributed by atoms with van der Waals surface area (Å²) in [6.45, 7) is 7.65. The Labute approximate surface area is 106 Å². The Morgan fingerprint density at radius 1 is 1.50 bits per heavy atom. The van der Waals surface area contributed by atoms with Crippen molar-refractivity contribution in [2.24, 2.45) is 0 Å². The van der Waals surface area contributed by atoms with Crippen LogP contribution in [0.4, 0.5) is 0 Å². The maximum absolute atomic E-state index is 12.2. The number of hydrogen-bond donors (Lipinski definition) is 1. The van der Waals surface area contributed by atoms with Gasteiger partial charge < -0.3 is 9.84 Å². The van der Waals surface area contributed by atoms with E-state index in [4.69, 9.17) is 4.52 Å². The Morgan fingerprint density at radius 3 is 2.83 bits per heavy atom. The lowest BCUT2D eigenvalue weighted by Crippen LogP contribution is -2.30. The fraction of sp³-hybridized carbons (Fsp3) is 0.462. The van der Waals surface area contributed by atoms with Gasteiger partial charge in [0.15, 0.2) is 0 Å². The van der Waals surface area contributed by atoms with E-state index in [9.17, 15) is 4.79 Å². The average Bonchev–Trinajstić information content (AvgIpc) is 2.69. The minimum atomic E-state index is -0.113. The Hall–Kier alpha value is -1.91. The fourth-order valence-electron chi connectivity index (χ4n) is 1.85. The van der Waals surface area contributed by atoms with E-state index in [1.54, 1.807) is 0 Å². The first-order valence-electron chi connectivity index (χ1n) is 6.09. The van der Waals surface area contributed by atoms with Crippen molar-refractivity contribution in [3.8, 4) is 0 Å². The number of carbonyl (C=O) groups is 1. The second-order valence-electron chi connectivity index (χ2n) is 4.59. The van der Waals surface area contributed by atoms with Crippen molar-refractivity contribution >= 4 is 17.0 Å². The van der Waals surface area contributed by atoms with Gasteiger partial charge in [-0.3, -0.25) is 4.79 Å². The number of pyridine rings is 1. The summed E-state index contributed by atoms with van der Waals surface area (Å²) in [4.78, 5) is 16.5. The van der Waals surface area contributed by atoms with Gasteiger partial charge in [0.1, 0.15) is 0 Å². The number of aryl methyl sites for hydroxylation is 2. The molecule has 5 nitrogen and oxygen atoms in total. The number of fused-ring (bicyclic) bond motifs is 1. The predicted molar refractivity (Wildman–Crippen MR) is 68.5 cm³/mol. The van der Waals surface area contributed by atoms with Crippen molar-refractivity contribution in [2.45, 2.75) is 40.2 Å². The van der Waals surface area contributed by atoms with Crippen LogP contribution in [0, 0.1) is 6.92 Å². The van der Waals surface area contributed by atoms with E-state index in [0.717, 1.165) is 12.1 Å². The van der Waals surface area contributed by atoms with Gasteiger partial charge in [0.2, 0.25) is 0 Å². The molecule has 0 saturated heterocycles. The summed E-state index contributed by atoms with van der Waals surface area (Å²) >= 11 is 0. The van der Waals surface area contributed by atoms with E-state index >= 15 is 0 Å². The third-order valence-corrected chi connectivity index (χ3v) is 2.70. The number of rotatable bonds is 3. The van der Waals surface area contributed by atoms with Crippen LogP contribution in [0.3, 0.4) is 0 Å². The van der Waals surface area contributed by atoms with Crippen molar-refractivity contribution in [3.63, 3.8) is 0 Å². The molecule has 2 aromatic heterocycles. The van der Waals surface area contributed by atoms with Gasteiger partial charge in [0.25, 0.3) is 11.6 Å². The van der Waals surface area contributed by atoms with Crippen LogP contribution >= 0.6 is 0 Å². The number of amides is 1. The summed E-state index contributed by atoms with van der Waals surface area (Å²) < 4.78 is 5.15. The highest BCUT2D eigenvalue weighted by molar-refractivity contribution is 6.06. The van der Waals surface area contributed by atoms with E-state index < -0.39 is 0 Å². The van der Waals surface area contributed by atoms with Gasteiger partial charge >= 0.3 is 0 Å². The summed E-state index contributed by atoms with van der Waals surface area (Å²) in [7, 11) is 0. The Kier molecular flexibility index (Phi) is 3.32. The van der Waals surface area contributed by atoms with Gasteiger partial charge in [-0.05, 0) is 33.3 Å². The molecule has 5 heteroatoms. The highest BCUT2D eigenvalue weighted by Gasteiger charge is 2.18. The molecule has 0 aliphatic rings. The number of carbonyl (C=O) groups excluding carboxylic acids is 1. The third-order valence-electron chi connectivity index (χ3n) is 2.70. The van der Waals surface area contributed by atoms with E-state index in [0.29, 0.717) is 22.4 Å². The van der Waals surface area contributed by atoms with E-state index in [2.05, 4.69) is 15.5 Å². The number of nitrogens with one attached hydrogen (secondary N) is 1. The molecule has 0 bridgehead atoms. The smallest absolute Gasteiger partial charge is 0.258 e. The minimum Gasteiger partial charge on any atom is -0.350 e. The quantitative estimate of drug-likeness (QED) is 0.903. The zero-order valence-corrected chi connectivity index (χ0v) is 11.1. The first kappa shape index (κ1) is 12.5. The lowest BCUT2D eigenvalue weighted by Gasteiger charge is -2.09. The Bertz CT molecular complexity index is 587. The van der Waals surface area contributed by atoms with Gasteiger partial charge in [-0.15, -0.1) is 0 Å². The van der Waals surface area contributed by atoms with Gasteiger partial charge in [-0.1, -0.05) is 12.1 Å². The normalized spacial score (nSPS) is 11.2. The summed E-state index contributed by atoms with van der Waals surface area (Å²) in [5.41, 5.74) is 2.53. The summed E-state index contributed by atoms with van der Waals surface area (Å²) in [5, 5.41) is 7.46. The molecule has 0 spiro atoms. The maximum atomic E-state index is 12.2. The molecule has 18 heavy (non-hydrogen) atoms. The van der Waals surface area contributed by atoms with Crippen LogP contribution in [0.15, 0.2) is 10.6 Å². The second kappa shape index (κ2) is 4.76. The maximum Gasteiger partial charge on any atom is 0.258 e. The molecule has 2 aromatic rings. The molecule has 0 unspecified atom stereocenters. The number of nitrogens with zero attached hydrogens (tertiary/aromatic N) is 2. The minimum absolute atomic E-state index is 0.0889. The molecule has 0 saturated carbocycles. The molecule has 1 amide bonds. The van der Waals surface area contributed by atoms with Gasteiger partial charge in [0, 0.05) is 11.7 Å². The third kappa shape index (κ3) is 2.20. The second-order valence-corrected chi connectivity index (χ2v) is 4.59. The molecule has 0 radical (unpaired) electrons. The molecule has 2 heterocycles. The molecule has 0 atom stereocenters. The van der Waals surface area contributed by atoms with E-state index in [1.165, 1.54) is 0 Å². The number of hydrogen-bond acceptors (Lipinski definition) is 4. The van der Waals surface area contributed by atoms with E-state index in [-0.39, 0.29) is 11.9 Å². The van der Waals surface area contributed by atoms with Crippen LogP contribution in [-0.2, 0) is 6.42 Å². The fourth-order valence-corrected chi connectivity index (χ4v) is 1.85. The van der Waals surface area contributed by atoms with E-state index in [1.807, 2.05) is 33.8 Å². The van der Waals surface area contributed by atoms with Crippen LogP contribution in [0.1, 0.15) is 42.5 Å². The van der Waals surface area contributed by atoms with Crippen LogP contribution in [-0.4, -0.2) is 22.1 Å². The molecule has 0 aliphatic carbocycles. The highest BCUT2D eigenvalue weighted by atomic mass is 16.5. The molecule has 0 fully saturated rings. The van der Waals surface area contributed by atoms with Gasteiger partial charge in [-0.2, -0.15) is 0 Å². The Balaban J connectivity index is 2.59. The predicted octanol–water partition coefficient (Wildman–Crippen LogP) is 2.23. The molecule has 0 aliphatic heterocycles. The molecule has 2 rings (SSSR count). The van der Waals surface area contributed by atoms with Crippen molar-refractivity contribution in [2.75, 3.05) is 0 Å². The van der Waals surface area contributed by atoms with Crippen LogP contribution in [0.25, 0.3) is 11.1 Å². The molecule has 96 valence electrons. The first-order chi connectivity index (χ1) is 8.52.